The molecule has 0 aliphatic heterocycles. The van der Waals surface area contributed by atoms with Crippen LogP contribution < -0.4 is 4.72 Å². The number of sulfonamides is 1. The summed E-state index contributed by atoms with van der Waals surface area (Å²) in [7, 11) is -3.90. The van der Waals surface area contributed by atoms with Crippen LogP contribution in [-0.2, 0) is 16.6 Å². The molecule has 21 heavy (non-hydrogen) atoms. The molecule has 114 valence electrons. The Morgan fingerprint density at radius 1 is 1.33 bits per heavy atom. The summed E-state index contributed by atoms with van der Waals surface area (Å²) in [5.41, 5.74) is 0.934. The van der Waals surface area contributed by atoms with Crippen LogP contribution >= 0.6 is 34.5 Å². The second kappa shape index (κ2) is 6.10. The average Bonchev–Trinajstić information content (AvgIpc) is 2.67. The average molecular weight is 367 g/mol. The Labute approximate surface area is 136 Å². The summed E-state index contributed by atoms with van der Waals surface area (Å²) >= 11 is 13.1. The minimum atomic E-state index is -3.90. The van der Waals surface area contributed by atoms with Gasteiger partial charge in [0, 0.05) is 15.5 Å². The number of aromatic nitrogens is 1. The van der Waals surface area contributed by atoms with E-state index in [0.29, 0.717) is 0 Å². The van der Waals surface area contributed by atoms with E-state index in [1.165, 1.54) is 23.5 Å². The number of nitrogens with zero attached hydrogens (tertiary/aromatic N) is 1. The Morgan fingerprint density at radius 2 is 2.00 bits per heavy atom. The Morgan fingerprint density at radius 3 is 2.52 bits per heavy atom. The van der Waals surface area contributed by atoms with Crippen LogP contribution in [0, 0.1) is 13.8 Å². The van der Waals surface area contributed by atoms with Crippen molar-refractivity contribution in [1.29, 1.82) is 0 Å². The molecule has 2 rings (SSSR count). The van der Waals surface area contributed by atoms with Gasteiger partial charge >= 0.3 is 0 Å². The van der Waals surface area contributed by atoms with Crippen LogP contribution in [0.5, 0.6) is 0 Å². The minimum Gasteiger partial charge on any atom is -0.392 e. The summed E-state index contributed by atoms with van der Waals surface area (Å²) in [6.45, 7) is 3.20. The molecule has 5 nitrogen and oxygen atoms in total. The number of halogens is 2. The van der Waals surface area contributed by atoms with Gasteiger partial charge in [-0.05, 0) is 26.0 Å². The predicted molar refractivity (Wildman–Crippen MR) is 84.8 cm³/mol. The molecule has 0 spiro atoms. The van der Waals surface area contributed by atoms with E-state index in [2.05, 4.69) is 9.71 Å². The van der Waals surface area contributed by atoms with E-state index >= 15 is 0 Å². The van der Waals surface area contributed by atoms with Gasteiger partial charge in [0.15, 0.2) is 5.13 Å². The van der Waals surface area contributed by atoms with Crippen LogP contribution in [-0.4, -0.2) is 18.5 Å². The number of hydrogen-bond donors (Lipinski definition) is 2. The standard InChI is InChI=1S/C12H12Cl2N2O3S2/c1-6-7(2)20-12(15-6)16-21(18,19)10-4-3-9(13)8(5-17)11(10)14/h3-4,17H,5H2,1-2H3,(H,15,16). The van der Waals surface area contributed by atoms with Crippen molar-refractivity contribution in [3.8, 4) is 0 Å². The van der Waals surface area contributed by atoms with Gasteiger partial charge < -0.3 is 5.11 Å². The molecular weight excluding hydrogens is 355 g/mol. The number of aliphatic hydroxyl groups excluding tert-OH is 1. The van der Waals surface area contributed by atoms with Crippen molar-refractivity contribution >= 4 is 49.7 Å². The highest BCUT2D eigenvalue weighted by Crippen LogP contribution is 2.32. The van der Waals surface area contributed by atoms with Crippen LogP contribution in [0.3, 0.4) is 0 Å². The lowest BCUT2D eigenvalue weighted by atomic mass is 10.2. The zero-order valence-corrected chi connectivity index (χ0v) is 14.3. The first kappa shape index (κ1) is 16.5. The van der Waals surface area contributed by atoms with Gasteiger partial charge in [0.05, 0.1) is 17.3 Å². The molecule has 1 aromatic heterocycles. The lowest BCUT2D eigenvalue weighted by molar-refractivity contribution is 0.282. The lowest BCUT2D eigenvalue weighted by Crippen LogP contribution is -2.14. The highest BCUT2D eigenvalue weighted by molar-refractivity contribution is 7.93. The molecule has 0 amide bonds. The highest BCUT2D eigenvalue weighted by atomic mass is 35.5. The normalized spacial score (nSPS) is 11.7. The van der Waals surface area contributed by atoms with Gasteiger partial charge in [0.1, 0.15) is 4.90 Å². The summed E-state index contributed by atoms with van der Waals surface area (Å²) < 4.78 is 27.1. The summed E-state index contributed by atoms with van der Waals surface area (Å²) in [4.78, 5) is 4.89. The smallest absolute Gasteiger partial charge is 0.265 e. The van der Waals surface area contributed by atoms with Gasteiger partial charge in [0.25, 0.3) is 10.0 Å². The third-order valence-electron chi connectivity index (χ3n) is 2.85. The SMILES string of the molecule is Cc1nc(NS(=O)(=O)c2ccc(Cl)c(CO)c2Cl)sc1C. The van der Waals surface area contributed by atoms with Crippen molar-refractivity contribution in [3.05, 3.63) is 38.3 Å². The molecule has 1 aromatic carbocycles. The molecule has 0 bridgehead atoms. The third-order valence-corrected chi connectivity index (χ3v) is 6.25. The van der Waals surface area contributed by atoms with Crippen molar-refractivity contribution in [2.75, 3.05) is 4.72 Å². The first-order valence-corrected chi connectivity index (χ1v) is 8.86. The van der Waals surface area contributed by atoms with Crippen molar-refractivity contribution in [2.45, 2.75) is 25.3 Å². The number of benzene rings is 1. The fraction of sp³-hybridized carbons (Fsp3) is 0.250. The molecule has 0 saturated heterocycles. The second-order valence-corrected chi connectivity index (χ2v) is 7.90. The second-order valence-electron chi connectivity index (χ2n) is 4.26. The van der Waals surface area contributed by atoms with E-state index in [4.69, 9.17) is 23.2 Å². The minimum absolute atomic E-state index is 0.0949. The monoisotopic (exact) mass is 366 g/mol. The van der Waals surface area contributed by atoms with E-state index in [-0.39, 0.29) is 25.6 Å². The maximum Gasteiger partial charge on any atom is 0.265 e. The number of aryl methyl sites for hydroxylation is 2. The summed E-state index contributed by atoms with van der Waals surface area (Å²) in [6.07, 6.45) is 0. The number of nitrogens with one attached hydrogen (secondary N) is 1. The topological polar surface area (TPSA) is 79.3 Å². The number of rotatable bonds is 4. The largest absolute Gasteiger partial charge is 0.392 e. The molecule has 0 aliphatic carbocycles. The predicted octanol–water partition coefficient (Wildman–Crippen LogP) is 3.36. The van der Waals surface area contributed by atoms with Crippen LogP contribution in [0.1, 0.15) is 16.1 Å². The van der Waals surface area contributed by atoms with Crippen LogP contribution in [0.2, 0.25) is 10.0 Å². The lowest BCUT2D eigenvalue weighted by Gasteiger charge is -2.11. The number of aliphatic hydroxyl groups is 1. The van der Waals surface area contributed by atoms with Crippen LogP contribution in [0.4, 0.5) is 5.13 Å². The van der Waals surface area contributed by atoms with Gasteiger partial charge in [-0.3, -0.25) is 4.72 Å². The zero-order valence-electron chi connectivity index (χ0n) is 11.1. The van der Waals surface area contributed by atoms with Gasteiger partial charge in [-0.2, -0.15) is 0 Å². The molecule has 0 radical (unpaired) electrons. The molecule has 2 N–H and O–H groups in total. The summed E-state index contributed by atoms with van der Waals surface area (Å²) in [5.74, 6) is 0. The Hall–Kier alpha value is -0.860. The summed E-state index contributed by atoms with van der Waals surface area (Å²) in [5, 5.41) is 9.61. The first-order chi connectivity index (χ1) is 9.76. The number of hydrogen-bond acceptors (Lipinski definition) is 5. The van der Waals surface area contributed by atoms with Gasteiger partial charge in [-0.25, -0.2) is 13.4 Å². The fourth-order valence-electron chi connectivity index (χ4n) is 1.61. The van der Waals surface area contributed by atoms with Gasteiger partial charge in [0.2, 0.25) is 0 Å². The molecule has 0 fully saturated rings. The molecule has 2 aromatic rings. The molecular formula is C12H12Cl2N2O3S2. The molecule has 9 heteroatoms. The molecule has 0 unspecified atom stereocenters. The van der Waals surface area contributed by atoms with E-state index < -0.39 is 16.6 Å². The summed E-state index contributed by atoms with van der Waals surface area (Å²) in [6, 6.07) is 2.67. The van der Waals surface area contributed by atoms with E-state index in [0.717, 1.165) is 10.6 Å². The first-order valence-electron chi connectivity index (χ1n) is 5.81. The van der Waals surface area contributed by atoms with Crippen molar-refractivity contribution in [3.63, 3.8) is 0 Å². The van der Waals surface area contributed by atoms with E-state index in [1.807, 2.05) is 6.92 Å². The Kier molecular flexibility index (Phi) is 4.79. The molecule has 0 atom stereocenters. The maximum atomic E-state index is 12.4. The van der Waals surface area contributed by atoms with Crippen molar-refractivity contribution in [1.82, 2.24) is 4.98 Å². The third kappa shape index (κ3) is 3.32. The van der Waals surface area contributed by atoms with Crippen LogP contribution in [0.25, 0.3) is 0 Å². The zero-order chi connectivity index (χ0) is 15.8. The Bertz CT molecular complexity index is 769. The molecule has 1 heterocycles. The van der Waals surface area contributed by atoms with Gasteiger partial charge in [-0.1, -0.05) is 23.2 Å². The van der Waals surface area contributed by atoms with Crippen LogP contribution in [0.15, 0.2) is 17.0 Å². The maximum absolute atomic E-state index is 12.4. The Balaban J connectivity index is 2.45. The fourth-order valence-corrected chi connectivity index (χ4v) is 4.56. The highest BCUT2D eigenvalue weighted by Gasteiger charge is 2.22. The number of thiazole rings is 1. The van der Waals surface area contributed by atoms with Crippen molar-refractivity contribution in [2.24, 2.45) is 0 Å². The van der Waals surface area contributed by atoms with Gasteiger partial charge in [-0.15, -0.1) is 11.3 Å². The molecule has 0 aliphatic rings. The quantitative estimate of drug-likeness (QED) is 0.869. The van der Waals surface area contributed by atoms with E-state index in [1.54, 1.807) is 6.92 Å². The van der Waals surface area contributed by atoms with Crippen molar-refractivity contribution < 1.29 is 13.5 Å². The number of anilines is 1. The molecule has 0 saturated carbocycles. The van der Waals surface area contributed by atoms with E-state index in [9.17, 15) is 13.5 Å².